The lowest BCUT2D eigenvalue weighted by atomic mass is 10.0. The normalized spacial score (nSPS) is 11.7. The second-order valence-electron chi connectivity index (χ2n) is 15.2. The number of para-hydroxylation sites is 2. The van der Waals surface area contributed by atoms with Gasteiger partial charge in [-0.25, -0.2) is 4.98 Å². The zero-order valence-corrected chi connectivity index (χ0v) is 32.4. The molecule has 0 aliphatic heterocycles. The van der Waals surface area contributed by atoms with Crippen molar-refractivity contribution in [3.05, 3.63) is 212 Å². The molecule has 0 radical (unpaired) electrons. The fourth-order valence-corrected chi connectivity index (χ4v) is 8.72. The van der Waals surface area contributed by atoms with E-state index in [0.717, 1.165) is 72.5 Å². The molecule has 0 spiro atoms. The van der Waals surface area contributed by atoms with Gasteiger partial charge in [0.05, 0.1) is 11.0 Å². The SMILES string of the molecule is c1ccc(-c2ccc(N(c3ccc(-c4ccc5c(c4)oc4cc6nc(-c7ccccc7)oc6cc45)cc3)c3ccc4c(c3)c3ccccc3n4-c3ccccc3)cc2)cc1. The highest BCUT2D eigenvalue weighted by Crippen LogP contribution is 2.42. The zero-order chi connectivity index (χ0) is 39.6. The largest absolute Gasteiger partial charge is 0.456 e. The molecule has 0 saturated carbocycles. The van der Waals surface area contributed by atoms with Gasteiger partial charge in [0.25, 0.3) is 0 Å². The van der Waals surface area contributed by atoms with Crippen LogP contribution >= 0.6 is 0 Å². The summed E-state index contributed by atoms with van der Waals surface area (Å²) in [7, 11) is 0. The van der Waals surface area contributed by atoms with Crippen LogP contribution in [0, 0.1) is 0 Å². The molecule has 60 heavy (non-hydrogen) atoms. The van der Waals surface area contributed by atoms with Crippen LogP contribution in [-0.4, -0.2) is 9.55 Å². The molecule has 5 nitrogen and oxygen atoms in total. The Morgan fingerprint density at radius 1 is 0.350 bits per heavy atom. The summed E-state index contributed by atoms with van der Waals surface area (Å²) in [5, 5.41) is 4.47. The smallest absolute Gasteiger partial charge is 0.227 e. The molecular weight excluding hydrogens is 735 g/mol. The minimum atomic E-state index is 0.604. The number of anilines is 3. The number of aromatic nitrogens is 2. The number of nitrogens with zero attached hydrogens (tertiary/aromatic N) is 3. The average molecular weight is 770 g/mol. The molecule has 9 aromatic carbocycles. The Morgan fingerprint density at radius 2 is 0.917 bits per heavy atom. The molecule has 5 heteroatoms. The number of benzene rings is 9. The van der Waals surface area contributed by atoms with Crippen LogP contribution in [0.3, 0.4) is 0 Å². The molecule has 0 bridgehead atoms. The zero-order valence-electron chi connectivity index (χ0n) is 32.4. The van der Waals surface area contributed by atoms with Gasteiger partial charge in [-0.05, 0) is 113 Å². The Hall–Kier alpha value is -8.15. The number of oxazole rings is 1. The summed E-state index contributed by atoms with van der Waals surface area (Å²) in [6.07, 6.45) is 0. The maximum atomic E-state index is 6.46. The highest BCUT2D eigenvalue weighted by Gasteiger charge is 2.19. The van der Waals surface area contributed by atoms with Crippen molar-refractivity contribution >= 4 is 71.9 Å². The van der Waals surface area contributed by atoms with E-state index in [1.807, 2.05) is 42.5 Å². The minimum absolute atomic E-state index is 0.604. The molecule has 3 aromatic heterocycles. The third-order valence-corrected chi connectivity index (χ3v) is 11.6. The topological polar surface area (TPSA) is 47.3 Å². The molecule has 0 fully saturated rings. The van der Waals surface area contributed by atoms with Gasteiger partial charge in [-0.2, -0.15) is 0 Å². The molecular formula is C55H35N3O2. The summed E-state index contributed by atoms with van der Waals surface area (Å²) in [6.45, 7) is 0. The van der Waals surface area contributed by atoms with Crippen LogP contribution < -0.4 is 4.90 Å². The first-order chi connectivity index (χ1) is 29.7. The Balaban J connectivity index is 0.935. The molecule has 0 atom stereocenters. The first-order valence-electron chi connectivity index (χ1n) is 20.2. The molecule has 12 aromatic rings. The first-order valence-corrected chi connectivity index (χ1v) is 20.2. The summed E-state index contributed by atoms with van der Waals surface area (Å²) >= 11 is 0. The van der Waals surface area contributed by atoms with Gasteiger partial charge in [-0.1, -0.05) is 115 Å². The number of furan rings is 1. The van der Waals surface area contributed by atoms with Crippen molar-refractivity contribution in [2.75, 3.05) is 4.90 Å². The van der Waals surface area contributed by atoms with E-state index in [1.54, 1.807) is 0 Å². The van der Waals surface area contributed by atoms with E-state index >= 15 is 0 Å². The van der Waals surface area contributed by atoms with E-state index in [0.29, 0.717) is 5.89 Å². The molecule has 282 valence electrons. The molecule has 0 unspecified atom stereocenters. The van der Waals surface area contributed by atoms with Crippen LogP contribution in [0.2, 0.25) is 0 Å². The van der Waals surface area contributed by atoms with Crippen molar-refractivity contribution in [2.45, 2.75) is 0 Å². The van der Waals surface area contributed by atoms with Crippen LogP contribution in [0.4, 0.5) is 17.1 Å². The van der Waals surface area contributed by atoms with E-state index in [9.17, 15) is 0 Å². The predicted octanol–water partition coefficient (Wildman–Crippen LogP) is 15.3. The van der Waals surface area contributed by atoms with Gasteiger partial charge in [-0.15, -0.1) is 0 Å². The van der Waals surface area contributed by atoms with Crippen molar-refractivity contribution < 1.29 is 8.83 Å². The number of fused-ring (bicyclic) bond motifs is 7. The van der Waals surface area contributed by atoms with E-state index < -0.39 is 0 Å². The number of hydrogen-bond acceptors (Lipinski definition) is 4. The molecule has 12 rings (SSSR count). The lowest BCUT2D eigenvalue weighted by molar-refractivity contribution is 0.620. The second kappa shape index (κ2) is 13.8. The summed E-state index contributed by atoms with van der Waals surface area (Å²) in [4.78, 5) is 7.11. The third-order valence-electron chi connectivity index (χ3n) is 11.6. The van der Waals surface area contributed by atoms with E-state index in [1.165, 1.54) is 32.9 Å². The van der Waals surface area contributed by atoms with Gasteiger partial charge in [0, 0.05) is 55.9 Å². The van der Waals surface area contributed by atoms with Crippen LogP contribution in [0.5, 0.6) is 0 Å². The van der Waals surface area contributed by atoms with Gasteiger partial charge in [-0.3, -0.25) is 0 Å². The molecule has 3 heterocycles. The van der Waals surface area contributed by atoms with Gasteiger partial charge >= 0.3 is 0 Å². The average Bonchev–Trinajstić information content (AvgIpc) is 4.00. The maximum Gasteiger partial charge on any atom is 0.227 e. The number of hydrogen-bond donors (Lipinski definition) is 0. The lowest BCUT2D eigenvalue weighted by Crippen LogP contribution is -2.10. The molecule has 0 aliphatic rings. The minimum Gasteiger partial charge on any atom is -0.456 e. The quantitative estimate of drug-likeness (QED) is 0.162. The van der Waals surface area contributed by atoms with Gasteiger partial charge < -0.3 is 18.3 Å². The molecule has 0 amide bonds. The highest BCUT2D eigenvalue weighted by atomic mass is 16.4. The van der Waals surface area contributed by atoms with Crippen LogP contribution in [-0.2, 0) is 0 Å². The standard InChI is InChI=1S/C55H35N3O2/c1-4-12-36(13-5-1)37-20-25-42(26-21-37)57(44-29-31-51-47(33-44)45-18-10-11-19-50(45)58(51)41-16-8-3-9-17-41)43-27-22-38(23-28-43)40-24-30-46-48-34-54-49(35-53(48)59-52(46)32-40)56-55(60-54)39-14-6-2-7-15-39/h1-35H. The first kappa shape index (κ1) is 33.9. The Morgan fingerprint density at radius 3 is 1.65 bits per heavy atom. The fourth-order valence-electron chi connectivity index (χ4n) is 8.72. The summed E-state index contributed by atoms with van der Waals surface area (Å²) < 4.78 is 15.0. The summed E-state index contributed by atoms with van der Waals surface area (Å²) in [5.74, 6) is 0.604. The molecule has 0 aliphatic carbocycles. The Labute approximate surface area is 345 Å². The summed E-state index contributed by atoms with van der Waals surface area (Å²) in [5.41, 5.74) is 15.3. The monoisotopic (exact) mass is 769 g/mol. The highest BCUT2D eigenvalue weighted by molar-refractivity contribution is 6.11. The van der Waals surface area contributed by atoms with Crippen LogP contribution in [0.1, 0.15) is 0 Å². The lowest BCUT2D eigenvalue weighted by Gasteiger charge is -2.26. The van der Waals surface area contributed by atoms with E-state index in [-0.39, 0.29) is 0 Å². The van der Waals surface area contributed by atoms with Gasteiger partial charge in [0.15, 0.2) is 5.58 Å². The van der Waals surface area contributed by atoms with Crippen LogP contribution in [0.25, 0.3) is 94.2 Å². The molecule has 0 saturated heterocycles. The maximum absolute atomic E-state index is 6.46. The third kappa shape index (κ3) is 5.67. The predicted molar refractivity (Wildman–Crippen MR) is 247 cm³/mol. The van der Waals surface area contributed by atoms with Crippen molar-refractivity contribution in [1.29, 1.82) is 0 Å². The van der Waals surface area contributed by atoms with E-state index in [2.05, 4.69) is 179 Å². The van der Waals surface area contributed by atoms with Crippen molar-refractivity contribution in [3.63, 3.8) is 0 Å². The van der Waals surface area contributed by atoms with Gasteiger partial charge in [0.2, 0.25) is 5.89 Å². The molecule has 0 N–H and O–H groups in total. The summed E-state index contributed by atoms with van der Waals surface area (Å²) in [6, 6.07) is 74.8. The fraction of sp³-hybridized carbons (Fsp3) is 0. The van der Waals surface area contributed by atoms with Crippen molar-refractivity contribution in [3.8, 4) is 39.4 Å². The number of rotatable bonds is 7. The van der Waals surface area contributed by atoms with E-state index in [4.69, 9.17) is 13.8 Å². The second-order valence-corrected chi connectivity index (χ2v) is 15.2. The van der Waals surface area contributed by atoms with Crippen molar-refractivity contribution in [1.82, 2.24) is 9.55 Å². The van der Waals surface area contributed by atoms with Crippen LogP contribution in [0.15, 0.2) is 221 Å². The Bertz CT molecular complexity index is 3510. The van der Waals surface area contributed by atoms with Crippen molar-refractivity contribution in [2.24, 2.45) is 0 Å². The van der Waals surface area contributed by atoms with Gasteiger partial charge in [0.1, 0.15) is 16.7 Å². The Kier molecular flexibility index (Phi) is 7.78.